The molecule has 0 fully saturated rings. The summed E-state index contributed by atoms with van der Waals surface area (Å²) in [5.74, 6) is -0.355. The predicted octanol–water partition coefficient (Wildman–Crippen LogP) is 2.97. The summed E-state index contributed by atoms with van der Waals surface area (Å²) in [6.07, 6.45) is 1.55. The van der Waals surface area contributed by atoms with Gasteiger partial charge in [-0.1, -0.05) is 29.5 Å². The Bertz CT molecular complexity index is 1150. The number of fused-ring (bicyclic) bond motifs is 2. The molecule has 142 valence electrons. The number of carbonyl (C=O) groups excluding carboxylic acids is 1. The monoisotopic (exact) mass is 394 g/mol. The van der Waals surface area contributed by atoms with Gasteiger partial charge in [-0.15, -0.1) is 16.4 Å². The highest BCUT2D eigenvalue weighted by atomic mass is 32.1. The molecule has 0 radical (unpaired) electrons. The summed E-state index contributed by atoms with van der Waals surface area (Å²) < 4.78 is 7.62. The van der Waals surface area contributed by atoms with Crippen LogP contribution >= 0.6 is 11.3 Å². The Morgan fingerprint density at radius 2 is 1.86 bits per heavy atom. The van der Waals surface area contributed by atoms with Crippen LogP contribution in [0.5, 0.6) is 0 Å². The third-order valence-electron chi connectivity index (χ3n) is 4.29. The molecule has 0 saturated carbocycles. The summed E-state index contributed by atoms with van der Waals surface area (Å²) in [6.45, 7) is 0.473. The van der Waals surface area contributed by atoms with E-state index in [9.17, 15) is 9.59 Å². The largest absolute Gasteiger partial charge is 0.466 e. The van der Waals surface area contributed by atoms with E-state index in [1.54, 1.807) is 35.6 Å². The molecule has 0 unspecified atom stereocenters. The maximum Gasteiger partial charge on any atom is 0.307 e. The first-order chi connectivity index (χ1) is 13.7. The summed E-state index contributed by atoms with van der Waals surface area (Å²) in [4.78, 5) is 28.8. The third kappa shape index (κ3) is 4.07. The molecule has 4 aromatic rings. The molecule has 0 saturated heterocycles. The Morgan fingerprint density at radius 1 is 1.07 bits per heavy atom. The Labute approximate surface area is 164 Å². The van der Waals surface area contributed by atoms with Gasteiger partial charge in [0.2, 0.25) is 0 Å². The van der Waals surface area contributed by atoms with Crippen molar-refractivity contribution in [1.82, 2.24) is 20.0 Å². The van der Waals surface area contributed by atoms with Gasteiger partial charge in [-0.05, 0) is 30.7 Å². The number of ether oxygens (including phenoxy) is 1. The molecule has 8 heteroatoms. The van der Waals surface area contributed by atoms with Gasteiger partial charge in [-0.2, -0.15) is 0 Å². The van der Waals surface area contributed by atoms with E-state index in [2.05, 4.69) is 15.3 Å². The Morgan fingerprint density at radius 3 is 2.71 bits per heavy atom. The van der Waals surface area contributed by atoms with Crippen molar-refractivity contribution >= 4 is 38.4 Å². The van der Waals surface area contributed by atoms with Gasteiger partial charge >= 0.3 is 5.97 Å². The lowest BCUT2D eigenvalue weighted by Crippen LogP contribution is -2.25. The minimum atomic E-state index is -0.355. The van der Waals surface area contributed by atoms with Crippen LogP contribution in [0.2, 0.25) is 0 Å². The molecule has 2 aromatic heterocycles. The number of carbonyl (C=O) groups is 1. The molecule has 0 spiro atoms. The maximum absolute atomic E-state index is 12.3. The highest BCUT2D eigenvalue weighted by Gasteiger charge is 2.09. The summed E-state index contributed by atoms with van der Waals surface area (Å²) >= 11 is 1.66. The lowest BCUT2D eigenvalue weighted by molar-refractivity contribution is -0.144. The summed E-state index contributed by atoms with van der Waals surface area (Å²) in [5.41, 5.74) is 1.29. The minimum Gasteiger partial charge on any atom is -0.466 e. The predicted molar refractivity (Wildman–Crippen MR) is 107 cm³/mol. The summed E-state index contributed by atoms with van der Waals surface area (Å²) in [7, 11) is 0. The van der Waals surface area contributed by atoms with Crippen LogP contribution in [0.25, 0.3) is 21.1 Å². The number of nitrogens with zero attached hydrogens (tertiary/aromatic N) is 4. The van der Waals surface area contributed by atoms with Crippen molar-refractivity contribution in [1.29, 1.82) is 0 Å². The standard InChI is InChI=1S/C20H18N4O3S/c25-19(11-12-24-20(26)14-6-1-2-7-15(14)22-23-24)27-13-5-10-18-21-16-8-3-4-9-17(16)28-18/h1-4,6-9H,5,10-13H2. The molecular weight excluding hydrogens is 376 g/mol. The van der Waals surface area contributed by atoms with Gasteiger partial charge in [0.05, 0.1) is 40.2 Å². The van der Waals surface area contributed by atoms with Crippen LogP contribution in [0, 0.1) is 0 Å². The Balaban J connectivity index is 1.25. The molecule has 0 amide bonds. The first kappa shape index (κ1) is 18.2. The van der Waals surface area contributed by atoms with Crippen molar-refractivity contribution in [3.8, 4) is 0 Å². The highest BCUT2D eigenvalue weighted by molar-refractivity contribution is 7.18. The van der Waals surface area contributed by atoms with E-state index in [0.29, 0.717) is 23.9 Å². The normalized spacial score (nSPS) is 11.1. The molecule has 0 aliphatic heterocycles. The van der Waals surface area contributed by atoms with E-state index in [4.69, 9.17) is 4.74 Å². The first-order valence-electron chi connectivity index (χ1n) is 9.03. The molecule has 0 aliphatic rings. The number of rotatable bonds is 7. The van der Waals surface area contributed by atoms with Crippen molar-refractivity contribution in [3.63, 3.8) is 0 Å². The van der Waals surface area contributed by atoms with Gasteiger partial charge in [0.1, 0.15) is 5.52 Å². The van der Waals surface area contributed by atoms with Crippen molar-refractivity contribution in [2.24, 2.45) is 0 Å². The number of aryl methyl sites for hydroxylation is 2. The van der Waals surface area contributed by atoms with Gasteiger partial charge in [0.25, 0.3) is 5.56 Å². The molecule has 0 atom stereocenters. The van der Waals surface area contributed by atoms with Crippen LogP contribution in [0.3, 0.4) is 0 Å². The number of benzene rings is 2. The van der Waals surface area contributed by atoms with Crippen LogP contribution in [-0.4, -0.2) is 32.6 Å². The molecule has 2 aromatic carbocycles. The van der Waals surface area contributed by atoms with Gasteiger partial charge in [-0.3, -0.25) is 9.59 Å². The first-order valence-corrected chi connectivity index (χ1v) is 9.85. The van der Waals surface area contributed by atoms with Gasteiger partial charge in [0, 0.05) is 6.42 Å². The Kier molecular flexibility index (Phi) is 5.38. The average molecular weight is 394 g/mol. The molecular formula is C20H18N4O3S. The smallest absolute Gasteiger partial charge is 0.307 e. The Hall–Kier alpha value is -3.13. The second-order valence-corrected chi connectivity index (χ2v) is 7.40. The van der Waals surface area contributed by atoms with E-state index in [-0.39, 0.29) is 24.5 Å². The van der Waals surface area contributed by atoms with Crippen molar-refractivity contribution < 1.29 is 9.53 Å². The van der Waals surface area contributed by atoms with E-state index < -0.39 is 0 Å². The van der Waals surface area contributed by atoms with Crippen LogP contribution in [-0.2, 0) is 22.5 Å². The number of para-hydroxylation sites is 1. The SMILES string of the molecule is O=C(CCn1nnc2ccccc2c1=O)OCCCc1nc2ccccc2s1. The van der Waals surface area contributed by atoms with Gasteiger partial charge in [-0.25, -0.2) is 9.67 Å². The highest BCUT2D eigenvalue weighted by Crippen LogP contribution is 2.22. The maximum atomic E-state index is 12.3. The lowest BCUT2D eigenvalue weighted by atomic mass is 10.2. The van der Waals surface area contributed by atoms with Gasteiger partial charge in [0.15, 0.2) is 0 Å². The van der Waals surface area contributed by atoms with Crippen LogP contribution < -0.4 is 5.56 Å². The zero-order valence-electron chi connectivity index (χ0n) is 15.1. The van der Waals surface area contributed by atoms with Crippen molar-refractivity contribution in [2.45, 2.75) is 25.8 Å². The second-order valence-electron chi connectivity index (χ2n) is 6.28. The number of hydrogen-bond acceptors (Lipinski definition) is 7. The summed E-state index contributed by atoms with van der Waals surface area (Å²) in [6, 6.07) is 15.0. The number of hydrogen-bond donors (Lipinski definition) is 0. The second kappa shape index (κ2) is 8.26. The molecule has 2 heterocycles. The van der Waals surface area contributed by atoms with Crippen LogP contribution in [0.15, 0.2) is 53.3 Å². The molecule has 0 aliphatic carbocycles. The molecule has 0 bridgehead atoms. The number of aromatic nitrogens is 4. The molecule has 0 N–H and O–H groups in total. The fourth-order valence-corrected chi connectivity index (χ4v) is 3.88. The average Bonchev–Trinajstić information content (AvgIpc) is 3.14. The topological polar surface area (TPSA) is 87.0 Å². The zero-order chi connectivity index (χ0) is 19.3. The summed E-state index contributed by atoms with van der Waals surface area (Å²) in [5, 5.41) is 9.40. The number of esters is 1. The lowest BCUT2D eigenvalue weighted by Gasteiger charge is -2.06. The fourth-order valence-electron chi connectivity index (χ4n) is 2.88. The van der Waals surface area contributed by atoms with E-state index in [1.807, 2.05) is 24.3 Å². The van der Waals surface area contributed by atoms with Crippen molar-refractivity contribution in [3.05, 3.63) is 63.9 Å². The van der Waals surface area contributed by atoms with Crippen LogP contribution in [0.1, 0.15) is 17.8 Å². The van der Waals surface area contributed by atoms with Crippen molar-refractivity contribution in [2.75, 3.05) is 6.61 Å². The van der Waals surface area contributed by atoms with E-state index in [1.165, 1.54) is 4.68 Å². The van der Waals surface area contributed by atoms with Gasteiger partial charge < -0.3 is 4.74 Å². The van der Waals surface area contributed by atoms with E-state index in [0.717, 1.165) is 21.6 Å². The molecule has 28 heavy (non-hydrogen) atoms. The fraction of sp³-hybridized carbons (Fsp3) is 0.250. The van der Waals surface area contributed by atoms with Crippen LogP contribution in [0.4, 0.5) is 0 Å². The third-order valence-corrected chi connectivity index (χ3v) is 5.39. The molecule has 7 nitrogen and oxygen atoms in total. The molecule has 4 rings (SSSR count). The zero-order valence-corrected chi connectivity index (χ0v) is 15.9. The van der Waals surface area contributed by atoms with E-state index >= 15 is 0 Å². The minimum absolute atomic E-state index is 0.0774. The number of thiazole rings is 1. The quantitative estimate of drug-likeness (QED) is 0.354.